The number of aryl methyl sites for hydroxylation is 1. The molecule has 0 spiro atoms. The smallest absolute Gasteiger partial charge is 0.344 e. The normalized spacial score (nSPS) is 23.4. The first-order valence-corrected chi connectivity index (χ1v) is 11.3. The molecule has 0 radical (unpaired) electrons. The molecule has 1 aliphatic heterocycles. The first-order valence-electron chi connectivity index (χ1n) is 8.35. The fourth-order valence-electron chi connectivity index (χ4n) is 2.19. The maximum Gasteiger partial charge on any atom is 0.481 e. The van der Waals surface area contributed by atoms with E-state index in [0.717, 1.165) is 4.57 Å². The van der Waals surface area contributed by atoms with Gasteiger partial charge in [0.15, 0.2) is 6.23 Å². The molecule has 1 aliphatic rings. The van der Waals surface area contributed by atoms with Crippen molar-refractivity contribution in [3.05, 3.63) is 44.8 Å². The topological polar surface area (TPSA) is 166 Å². The summed E-state index contributed by atoms with van der Waals surface area (Å²) >= 11 is 0. The molecule has 4 atom stereocenters. The number of hydrogen-bond acceptors (Lipinski definition) is 8. The van der Waals surface area contributed by atoms with Crippen molar-refractivity contribution in [1.29, 1.82) is 0 Å². The van der Waals surface area contributed by atoms with Crippen molar-refractivity contribution < 1.29 is 37.0 Å². The number of aromatic nitrogens is 2. The Kier molecular flexibility index (Phi) is 7.72. The third-order valence-electron chi connectivity index (χ3n) is 3.59. The molecule has 28 heavy (non-hydrogen) atoms. The van der Waals surface area contributed by atoms with Crippen LogP contribution in [-0.4, -0.2) is 38.7 Å². The molecule has 0 fully saturated rings. The molecule has 3 N–H and O–H groups in total. The first-order chi connectivity index (χ1) is 13.0. The lowest BCUT2D eigenvalue weighted by atomic mass is 10.3. The van der Waals surface area contributed by atoms with Gasteiger partial charge in [-0.25, -0.2) is 13.9 Å². The minimum atomic E-state index is -4.90. The Labute approximate surface area is 159 Å². The van der Waals surface area contributed by atoms with E-state index in [1.807, 2.05) is 6.92 Å². The molecule has 1 aromatic rings. The quantitative estimate of drug-likeness (QED) is 0.274. The van der Waals surface area contributed by atoms with Crippen LogP contribution in [-0.2, 0) is 27.2 Å². The van der Waals surface area contributed by atoms with Crippen molar-refractivity contribution in [2.45, 2.75) is 39.0 Å². The summed E-state index contributed by atoms with van der Waals surface area (Å²) in [5.41, 5.74) is -0.907. The Morgan fingerprint density at radius 3 is 2.57 bits per heavy atom. The molecule has 14 heteroatoms. The van der Waals surface area contributed by atoms with Crippen molar-refractivity contribution in [1.82, 2.24) is 9.55 Å². The zero-order chi connectivity index (χ0) is 20.9. The maximum atomic E-state index is 11.9. The third-order valence-corrected chi connectivity index (χ3v) is 6.22. The molecule has 0 saturated carbocycles. The fourth-order valence-corrected chi connectivity index (χ4v) is 4.30. The predicted molar refractivity (Wildman–Crippen MR) is 96.7 cm³/mol. The van der Waals surface area contributed by atoms with E-state index in [2.05, 4.69) is 18.3 Å². The second kappa shape index (κ2) is 9.43. The second-order valence-corrected chi connectivity index (χ2v) is 8.97. The summed E-state index contributed by atoms with van der Waals surface area (Å²) in [5.74, 6) is 0. The van der Waals surface area contributed by atoms with E-state index in [-0.39, 0.29) is 6.61 Å². The number of nitrogens with one attached hydrogen (secondary N) is 1. The number of phosphoric ester groups is 2. The minimum absolute atomic E-state index is 0.117. The monoisotopic (exact) mass is 440 g/mol. The largest absolute Gasteiger partial charge is 0.481 e. The molecule has 2 rings (SSSR count). The van der Waals surface area contributed by atoms with Gasteiger partial charge < -0.3 is 14.5 Å². The van der Waals surface area contributed by atoms with Crippen LogP contribution in [0.15, 0.2) is 27.9 Å². The van der Waals surface area contributed by atoms with Crippen LogP contribution < -0.4 is 11.2 Å². The molecule has 1 aromatic heterocycles. The number of ether oxygens (including phenoxy) is 1. The lowest BCUT2D eigenvalue weighted by Crippen LogP contribution is -2.33. The molecule has 2 unspecified atom stereocenters. The highest BCUT2D eigenvalue weighted by molar-refractivity contribution is 7.61. The number of unbranched alkanes of at least 4 members (excludes halogenated alkanes) is 1. The number of aromatic amines is 1. The lowest BCUT2D eigenvalue weighted by molar-refractivity contribution is -0.0107. The average Bonchev–Trinajstić information content (AvgIpc) is 3.04. The van der Waals surface area contributed by atoms with Gasteiger partial charge in [0.2, 0.25) is 0 Å². The Hall–Kier alpha value is -1.36. The number of rotatable bonds is 10. The Bertz CT molecular complexity index is 923. The molecular formula is C14H22N2O10P2. The van der Waals surface area contributed by atoms with E-state index in [0.29, 0.717) is 18.4 Å². The van der Waals surface area contributed by atoms with Crippen LogP contribution in [0.25, 0.3) is 0 Å². The standard InChI is InChI=1S/C14H22N2O10P2/c1-3-4-7-23-27(19,20)26-28(21,22)24-9-11-5-6-12(25-11)16-8-10(2)13(17)15-14(16)18/h5-6,8,11-12H,3-4,7,9H2,1-2H3,(H,19,20)(H,21,22)(H,15,17,18)/t11-,12+/m0/s1. The van der Waals surface area contributed by atoms with Gasteiger partial charge in [0.05, 0.1) is 13.2 Å². The number of H-pyrrole nitrogens is 1. The molecule has 0 aromatic carbocycles. The van der Waals surface area contributed by atoms with Crippen LogP contribution in [0.5, 0.6) is 0 Å². The van der Waals surface area contributed by atoms with Crippen LogP contribution in [0, 0.1) is 6.92 Å². The van der Waals surface area contributed by atoms with Gasteiger partial charge in [-0.05, 0) is 19.4 Å². The SMILES string of the molecule is CCCCOP(=O)(O)OP(=O)(O)OC[C@@H]1C=C[C@H](n2cc(C)c(=O)[nH]c2=O)O1. The van der Waals surface area contributed by atoms with Crippen molar-refractivity contribution in [2.24, 2.45) is 0 Å². The summed E-state index contributed by atoms with van der Waals surface area (Å²) in [6, 6.07) is 0. The van der Waals surface area contributed by atoms with Crippen LogP contribution in [0.3, 0.4) is 0 Å². The molecule has 12 nitrogen and oxygen atoms in total. The number of hydrogen-bond donors (Lipinski definition) is 3. The minimum Gasteiger partial charge on any atom is -0.344 e. The molecule has 0 amide bonds. The van der Waals surface area contributed by atoms with Crippen LogP contribution >= 0.6 is 15.6 Å². The van der Waals surface area contributed by atoms with Gasteiger partial charge in [-0.15, -0.1) is 0 Å². The van der Waals surface area contributed by atoms with E-state index in [1.54, 1.807) is 0 Å². The van der Waals surface area contributed by atoms with Crippen LogP contribution in [0.1, 0.15) is 31.6 Å². The number of nitrogens with zero attached hydrogens (tertiary/aromatic N) is 1. The Morgan fingerprint density at radius 1 is 1.21 bits per heavy atom. The molecular weight excluding hydrogens is 418 g/mol. The Morgan fingerprint density at radius 2 is 1.89 bits per heavy atom. The second-order valence-electron chi connectivity index (χ2n) is 5.93. The van der Waals surface area contributed by atoms with Gasteiger partial charge >= 0.3 is 21.3 Å². The van der Waals surface area contributed by atoms with E-state index >= 15 is 0 Å². The van der Waals surface area contributed by atoms with Crippen LogP contribution in [0.2, 0.25) is 0 Å². The summed E-state index contributed by atoms with van der Waals surface area (Å²) in [6.07, 6.45) is 3.72. The lowest BCUT2D eigenvalue weighted by Gasteiger charge is -2.19. The summed E-state index contributed by atoms with van der Waals surface area (Å²) in [5, 5.41) is 0. The van der Waals surface area contributed by atoms with E-state index in [1.165, 1.54) is 25.3 Å². The van der Waals surface area contributed by atoms with Gasteiger partial charge in [0, 0.05) is 11.8 Å². The van der Waals surface area contributed by atoms with Crippen molar-refractivity contribution in [3.8, 4) is 0 Å². The van der Waals surface area contributed by atoms with Gasteiger partial charge in [-0.1, -0.05) is 19.4 Å². The van der Waals surface area contributed by atoms with Crippen LogP contribution in [0.4, 0.5) is 0 Å². The zero-order valence-corrected chi connectivity index (χ0v) is 17.0. The van der Waals surface area contributed by atoms with Gasteiger partial charge in [0.1, 0.15) is 6.10 Å². The third kappa shape index (κ3) is 6.61. The average molecular weight is 440 g/mol. The molecule has 0 saturated heterocycles. The maximum absolute atomic E-state index is 11.9. The van der Waals surface area contributed by atoms with E-state index < -0.39 is 45.8 Å². The first kappa shape index (κ1) is 22.9. The highest BCUT2D eigenvalue weighted by Gasteiger charge is 2.36. The van der Waals surface area contributed by atoms with Gasteiger partial charge in [-0.2, -0.15) is 4.31 Å². The zero-order valence-electron chi connectivity index (χ0n) is 15.2. The summed E-state index contributed by atoms with van der Waals surface area (Å²) in [6.45, 7) is 2.74. The fraction of sp³-hybridized carbons (Fsp3) is 0.571. The predicted octanol–water partition coefficient (Wildman–Crippen LogP) is 1.35. The van der Waals surface area contributed by atoms with Gasteiger partial charge in [-0.3, -0.25) is 23.4 Å². The summed E-state index contributed by atoms with van der Waals surface area (Å²) in [7, 11) is -9.66. The highest BCUT2D eigenvalue weighted by atomic mass is 31.3. The number of phosphoric acid groups is 2. The molecule has 2 heterocycles. The summed E-state index contributed by atoms with van der Waals surface area (Å²) < 4.78 is 43.5. The van der Waals surface area contributed by atoms with Crippen molar-refractivity contribution in [3.63, 3.8) is 0 Å². The van der Waals surface area contributed by atoms with E-state index in [9.17, 15) is 28.5 Å². The highest BCUT2D eigenvalue weighted by Crippen LogP contribution is 2.60. The Balaban J connectivity index is 1.90. The summed E-state index contributed by atoms with van der Waals surface area (Å²) in [4.78, 5) is 44.4. The van der Waals surface area contributed by atoms with E-state index in [4.69, 9.17) is 4.74 Å². The van der Waals surface area contributed by atoms with Gasteiger partial charge in [0.25, 0.3) is 5.56 Å². The molecule has 158 valence electrons. The van der Waals surface area contributed by atoms with Crippen molar-refractivity contribution in [2.75, 3.05) is 13.2 Å². The van der Waals surface area contributed by atoms with Crippen molar-refractivity contribution >= 4 is 15.6 Å². The molecule has 0 bridgehead atoms. The molecule has 0 aliphatic carbocycles.